The Kier molecular flexibility index (Phi) is 7.01. The molecule has 172 valence electrons. The molecule has 3 aromatic rings. The average molecular weight is 465 g/mol. The number of thiazole rings is 1. The minimum Gasteiger partial charge on any atom is -0.349 e. The summed E-state index contributed by atoms with van der Waals surface area (Å²) in [5.41, 5.74) is 4.63. The fraction of sp³-hybridized carbons (Fsp3) is 0.435. The average Bonchev–Trinajstić information content (AvgIpc) is 3.52. The Bertz CT molecular complexity index is 1180. The smallest absolute Gasteiger partial charge is 0.270 e. The SMILES string of the molecule is Cc1nn(CCNC(=O)c2csc(Nc3cccc(C4CCCN4CC#N)n3)n2)c(C)c1C. The number of nitrogens with one attached hydrogen (secondary N) is 2. The second kappa shape index (κ2) is 10.1. The lowest BCUT2D eigenvalue weighted by molar-refractivity contribution is 0.0947. The number of carbonyl (C=O) groups excluding carboxylic acids is 1. The fourth-order valence-corrected chi connectivity index (χ4v) is 4.76. The Morgan fingerprint density at radius 1 is 1.30 bits per heavy atom. The molecule has 0 aromatic carbocycles. The van der Waals surface area contributed by atoms with Gasteiger partial charge < -0.3 is 10.6 Å². The predicted octanol–water partition coefficient (Wildman–Crippen LogP) is 3.49. The number of rotatable bonds is 8. The molecule has 0 spiro atoms. The molecule has 1 amide bonds. The van der Waals surface area contributed by atoms with Crippen LogP contribution in [0.15, 0.2) is 23.6 Å². The largest absolute Gasteiger partial charge is 0.349 e. The Labute approximate surface area is 197 Å². The quantitative estimate of drug-likeness (QED) is 0.491. The lowest BCUT2D eigenvalue weighted by Crippen LogP contribution is -2.28. The molecule has 2 N–H and O–H groups in total. The molecule has 3 aromatic heterocycles. The lowest BCUT2D eigenvalue weighted by Gasteiger charge is -2.21. The van der Waals surface area contributed by atoms with Gasteiger partial charge in [-0.3, -0.25) is 14.4 Å². The van der Waals surface area contributed by atoms with Crippen LogP contribution in [0.1, 0.15) is 52.0 Å². The minimum atomic E-state index is -0.211. The number of hydrogen-bond acceptors (Lipinski definition) is 8. The highest BCUT2D eigenvalue weighted by Crippen LogP contribution is 2.31. The van der Waals surface area contributed by atoms with Crippen molar-refractivity contribution in [1.82, 2.24) is 30.0 Å². The molecule has 1 atom stereocenters. The molecule has 1 saturated heterocycles. The van der Waals surface area contributed by atoms with E-state index >= 15 is 0 Å². The van der Waals surface area contributed by atoms with E-state index in [9.17, 15) is 4.79 Å². The molecule has 0 bridgehead atoms. The highest BCUT2D eigenvalue weighted by molar-refractivity contribution is 7.14. The number of aromatic nitrogens is 4. The van der Waals surface area contributed by atoms with Gasteiger partial charge in [0.25, 0.3) is 5.91 Å². The van der Waals surface area contributed by atoms with Gasteiger partial charge in [-0.05, 0) is 57.9 Å². The van der Waals surface area contributed by atoms with Gasteiger partial charge >= 0.3 is 0 Å². The molecular formula is C23H28N8OS. The Hall–Kier alpha value is -3.29. The van der Waals surface area contributed by atoms with Crippen molar-refractivity contribution in [2.45, 2.75) is 46.2 Å². The first-order chi connectivity index (χ1) is 16.0. The van der Waals surface area contributed by atoms with Crippen molar-refractivity contribution in [2.75, 3.05) is 25.0 Å². The summed E-state index contributed by atoms with van der Waals surface area (Å²) in [5.74, 6) is 0.467. The van der Waals surface area contributed by atoms with Crippen LogP contribution in [0.2, 0.25) is 0 Å². The summed E-state index contributed by atoms with van der Waals surface area (Å²) in [7, 11) is 0. The number of amides is 1. The summed E-state index contributed by atoms with van der Waals surface area (Å²) >= 11 is 1.36. The van der Waals surface area contributed by atoms with Crippen molar-refractivity contribution in [2.24, 2.45) is 0 Å². The number of anilines is 2. The minimum absolute atomic E-state index is 0.162. The zero-order valence-corrected chi connectivity index (χ0v) is 19.9. The molecule has 1 aliphatic rings. The number of pyridine rings is 1. The second-order valence-corrected chi connectivity index (χ2v) is 9.03. The highest BCUT2D eigenvalue weighted by Gasteiger charge is 2.26. The van der Waals surface area contributed by atoms with Gasteiger partial charge in [-0.1, -0.05) is 6.07 Å². The van der Waals surface area contributed by atoms with Crippen LogP contribution >= 0.6 is 11.3 Å². The fourth-order valence-electron chi connectivity index (χ4n) is 4.06. The van der Waals surface area contributed by atoms with E-state index in [-0.39, 0.29) is 11.9 Å². The number of likely N-dealkylation sites (tertiary alicyclic amines) is 1. The molecular weight excluding hydrogens is 436 g/mol. The molecule has 1 aliphatic heterocycles. The third-order valence-electron chi connectivity index (χ3n) is 6.07. The molecule has 33 heavy (non-hydrogen) atoms. The van der Waals surface area contributed by atoms with Crippen LogP contribution in [0.4, 0.5) is 10.9 Å². The first kappa shape index (κ1) is 22.9. The van der Waals surface area contributed by atoms with Crippen molar-refractivity contribution in [3.05, 3.63) is 51.9 Å². The van der Waals surface area contributed by atoms with Crippen molar-refractivity contribution in [3.63, 3.8) is 0 Å². The van der Waals surface area contributed by atoms with E-state index in [0.717, 1.165) is 36.5 Å². The Balaban J connectivity index is 1.34. The topological polar surface area (TPSA) is 112 Å². The van der Waals surface area contributed by atoms with Crippen LogP contribution in [0.25, 0.3) is 0 Å². The molecule has 0 radical (unpaired) electrons. The van der Waals surface area contributed by atoms with E-state index in [1.165, 1.54) is 16.9 Å². The Morgan fingerprint density at radius 3 is 2.91 bits per heavy atom. The van der Waals surface area contributed by atoms with Crippen LogP contribution in [-0.4, -0.2) is 50.2 Å². The summed E-state index contributed by atoms with van der Waals surface area (Å²) in [6.07, 6.45) is 2.06. The van der Waals surface area contributed by atoms with E-state index in [1.807, 2.05) is 36.7 Å². The van der Waals surface area contributed by atoms with Crippen LogP contribution in [0.3, 0.4) is 0 Å². The zero-order valence-electron chi connectivity index (χ0n) is 19.1. The summed E-state index contributed by atoms with van der Waals surface area (Å²) < 4.78 is 1.92. The molecule has 0 saturated carbocycles. The molecule has 4 heterocycles. The maximum Gasteiger partial charge on any atom is 0.270 e. The highest BCUT2D eigenvalue weighted by atomic mass is 32.1. The molecule has 1 unspecified atom stereocenters. The normalized spacial score (nSPS) is 16.0. The lowest BCUT2D eigenvalue weighted by atomic mass is 10.1. The summed E-state index contributed by atoms with van der Waals surface area (Å²) in [5, 5.41) is 22.0. The van der Waals surface area contributed by atoms with E-state index in [2.05, 4.69) is 38.6 Å². The third-order valence-corrected chi connectivity index (χ3v) is 6.83. The monoisotopic (exact) mass is 464 g/mol. The summed E-state index contributed by atoms with van der Waals surface area (Å²) in [6.45, 7) is 8.49. The summed E-state index contributed by atoms with van der Waals surface area (Å²) in [6, 6.07) is 8.23. The van der Waals surface area contributed by atoms with Gasteiger partial charge in [0.2, 0.25) is 0 Å². The van der Waals surface area contributed by atoms with Gasteiger partial charge in [0.05, 0.1) is 36.6 Å². The van der Waals surface area contributed by atoms with Gasteiger partial charge in [-0.2, -0.15) is 10.4 Å². The second-order valence-electron chi connectivity index (χ2n) is 8.17. The maximum absolute atomic E-state index is 12.5. The van der Waals surface area contributed by atoms with Gasteiger partial charge in [-0.25, -0.2) is 9.97 Å². The third kappa shape index (κ3) is 5.21. The summed E-state index contributed by atoms with van der Waals surface area (Å²) in [4.78, 5) is 23.8. The van der Waals surface area contributed by atoms with Gasteiger partial charge in [0.15, 0.2) is 5.13 Å². The van der Waals surface area contributed by atoms with Crippen LogP contribution in [0, 0.1) is 32.1 Å². The van der Waals surface area contributed by atoms with Gasteiger partial charge in [0.1, 0.15) is 11.5 Å². The number of aryl methyl sites for hydroxylation is 1. The van der Waals surface area contributed by atoms with Gasteiger partial charge in [-0.15, -0.1) is 11.3 Å². The van der Waals surface area contributed by atoms with Crippen molar-refractivity contribution in [1.29, 1.82) is 5.26 Å². The number of hydrogen-bond donors (Lipinski definition) is 2. The Morgan fingerprint density at radius 2 is 2.15 bits per heavy atom. The molecule has 1 fully saturated rings. The first-order valence-electron chi connectivity index (χ1n) is 11.1. The molecule has 9 nitrogen and oxygen atoms in total. The molecule has 0 aliphatic carbocycles. The van der Waals surface area contributed by atoms with Crippen molar-refractivity contribution >= 4 is 28.2 Å². The maximum atomic E-state index is 12.5. The van der Waals surface area contributed by atoms with Crippen LogP contribution < -0.4 is 10.6 Å². The van der Waals surface area contributed by atoms with Crippen molar-refractivity contribution in [3.8, 4) is 6.07 Å². The number of nitriles is 1. The van der Waals surface area contributed by atoms with Crippen LogP contribution in [-0.2, 0) is 6.54 Å². The van der Waals surface area contributed by atoms with E-state index in [0.29, 0.717) is 36.3 Å². The zero-order chi connectivity index (χ0) is 23.4. The van der Waals surface area contributed by atoms with Crippen molar-refractivity contribution < 1.29 is 4.79 Å². The van der Waals surface area contributed by atoms with E-state index in [1.54, 1.807) is 5.38 Å². The first-order valence-corrected chi connectivity index (χ1v) is 11.9. The van der Waals surface area contributed by atoms with Gasteiger partial charge in [0, 0.05) is 17.6 Å². The molecule has 10 heteroatoms. The predicted molar refractivity (Wildman–Crippen MR) is 128 cm³/mol. The number of carbonyl (C=O) groups is 1. The van der Waals surface area contributed by atoms with Crippen LogP contribution in [0.5, 0.6) is 0 Å². The molecule has 4 rings (SSSR count). The standard InChI is InChI=1S/C23H28N8OS/c1-15-16(2)29-31(17(15)3)13-10-25-22(32)19-14-33-23(27-19)28-21-8-4-6-18(26-21)20-7-5-11-30(20)12-9-24/h4,6,8,14,20H,5,7,10-13H2,1-3H3,(H,25,32)(H,26,27,28). The van der Waals surface area contributed by atoms with E-state index < -0.39 is 0 Å². The van der Waals surface area contributed by atoms with E-state index in [4.69, 9.17) is 10.2 Å². The number of nitrogens with zero attached hydrogens (tertiary/aromatic N) is 6.